The molecule has 0 aliphatic carbocycles. The molecular formula is C16H24N2O2. The van der Waals surface area contributed by atoms with E-state index in [0.29, 0.717) is 12.5 Å². The monoisotopic (exact) mass is 276 g/mol. The van der Waals surface area contributed by atoms with Crippen molar-refractivity contribution < 1.29 is 9.90 Å². The van der Waals surface area contributed by atoms with E-state index in [1.807, 2.05) is 6.92 Å². The van der Waals surface area contributed by atoms with Gasteiger partial charge >= 0.3 is 5.97 Å². The zero-order valence-electron chi connectivity index (χ0n) is 12.3. The molecule has 1 unspecified atom stereocenters. The van der Waals surface area contributed by atoms with Gasteiger partial charge in [0.1, 0.15) is 6.04 Å². The van der Waals surface area contributed by atoms with Crippen LogP contribution in [0.15, 0.2) is 24.3 Å². The second kappa shape index (κ2) is 6.75. The molecule has 20 heavy (non-hydrogen) atoms. The molecule has 2 N–H and O–H groups in total. The first kappa shape index (κ1) is 14.9. The maximum Gasteiger partial charge on any atom is 0.320 e. The minimum atomic E-state index is -0.697. The molecule has 0 radical (unpaired) electrons. The normalized spacial score (nSPS) is 18.7. The lowest BCUT2D eigenvalue weighted by atomic mass is 10.0. The van der Waals surface area contributed by atoms with Crippen LogP contribution in [0.2, 0.25) is 0 Å². The van der Waals surface area contributed by atoms with Gasteiger partial charge in [0.15, 0.2) is 0 Å². The molecule has 0 amide bonds. The number of piperidine rings is 1. The van der Waals surface area contributed by atoms with Gasteiger partial charge in [-0.2, -0.15) is 0 Å². The molecule has 2 rings (SSSR count). The van der Waals surface area contributed by atoms with E-state index in [-0.39, 0.29) is 6.04 Å². The number of anilines is 1. The topological polar surface area (TPSA) is 52.6 Å². The number of likely N-dealkylation sites (tertiary alicyclic amines) is 1. The van der Waals surface area contributed by atoms with Crippen LogP contribution in [-0.4, -0.2) is 41.1 Å². The molecule has 110 valence electrons. The molecular weight excluding hydrogens is 252 g/mol. The van der Waals surface area contributed by atoms with Gasteiger partial charge in [0.25, 0.3) is 0 Å². The Morgan fingerprint density at radius 3 is 2.70 bits per heavy atom. The summed E-state index contributed by atoms with van der Waals surface area (Å²) in [5, 5.41) is 12.8. The Morgan fingerprint density at radius 1 is 1.45 bits per heavy atom. The summed E-state index contributed by atoms with van der Waals surface area (Å²) in [6.07, 6.45) is 2.67. The largest absolute Gasteiger partial charge is 0.480 e. The Hall–Kier alpha value is -1.55. The highest BCUT2D eigenvalue weighted by molar-refractivity contribution is 5.73. The Labute approximate surface area is 120 Å². The lowest BCUT2D eigenvalue weighted by Crippen LogP contribution is -2.47. The number of rotatable bonds is 5. The molecule has 4 heteroatoms. The standard InChI is InChI=1S/C16H24N2O2/c1-3-15(16(19)20)18-9-7-13(8-10-18)17-14-6-4-5-12(2)11-14/h4-6,11,13,15,17H,3,7-10H2,1-2H3,(H,19,20). The summed E-state index contributed by atoms with van der Waals surface area (Å²) in [4.78, 5) is 13.3. The molecule has 1 aliphatic rings. The van der Waals surface area contributed by atoms with Crippen LogP contribution >= 0.6 is 0 Å². The Kier molecular flexibility index (Phi) is 5.01. The van der Waals surface area contributed by atoms with E-state index >= 15 is 0 Å². The Bertz CT molecular complexity index is 454. The van der Waals surface area contributed by atoms with Crippen molar-refractivity contribution in [2.45, 2.75) is 45.2 Å². The van der Waals surface area contributed by atoms with Crippen LogP contribution in [0.4, 0.5) is 5.69 Å². The second-order valence-corrected chi connectivity index (χ2v) is 5.59. The molecule has 0 bridgehead atoms. The van der Waals surface area contributed by atoms with Crippen LogP contribution in [-0.2, 0) is 4.79 Å². The molecule has 0 aromatic heterocycles. The highest BCUT2D eigenvalue weighted by Crippen LogP contribution is 2.19. The summed E-state index contributed by atoms with van der Waals surface area (Å²) < 4.78 is 0. The molecule has 1 saturated heterocycles. The zero-order valence-corrected chi connectivity index (χ0v) is 12.3. The van der Waals surface area contributed by atoms with Gasteiger partial charge in [-0.05, 0) is 43.9 Å². The third kappa shape index (κ3) is 3.73. The maximum absolute atomic E-state index is 11.2. The first-order chi connectivity index (χ1) is 9.60. The minimum absolute atomic E-state index is 0.324. The molecule has 1 heterocycles. The molecule has 1 aromatic carbocycles. The number of aryl methyl sites for hydroxylation is 1. The maximum atomic E-state index is 11.2. The summed E-state index contributed by atoms with van der Waals surface area (Å²) in [5.41, 5.74) is 2.41. The summed E-state index contributed by atoms with van der Waals surface area (Å²) >= 11 is 0. The number of carboxylic acids is 1. The van der Waals surface area contributed by atoms with E-state index in [2.05, 4.69) is 41.4 Å². The summed E-state index contributed by atoms with van der Waals surface area (Å²) in [7, 11) is 0. The third-order valence-corrected chi connectivity index (χ3v) is 4.03. The first-order valence-electron chi connectivity index (χ1n) is 7.40. The van der Waals surface area contributed by atoms with E-state index in [0.717, 1.165) is 31.6 Å². The molecule has 1 aromatic rings. The van der Waals surface area contributed by atoms with E-state index < -0.39 is 5.97 Å². The van der Waals surface area contributed by atoms with E-state index in [1.54, 1.807) is 0 Å². The van der Waals surface area contributed by atoms with E-state index in [4.69, 9.17) is 0 Å². The number of hydrogen-bond acceptors (Lipinski definition) is 3. The summed E-state index contributed by atoms with van der Waals surface area (Å²) in [5.74, 6) is -0.697. The van der Waals surface area contributed by atoms with Gasteiger partial charge in [-0.25, -0.2) is 0 Å². The fraction of sp³-hybridized carbons (Fsp3) is 0.562. The van der Waals surface area contributed by atoms with Crippen LogP contribution in [0, 0.1) is 6.92 Å². The van der Waals surface area contributed by atoms with Gasteiger partial charge in [0.05, 0.1) is 0 Å². The van der Waals surface area contributed by atoms with Crippen molar-refractivity contribution in [2.24, 2.45) is 0 Å². The molecule has 4 nitrogen and oxygen atoms in total. The van der Waals surface area contributed by atoms with Gasteiger partial charge < -0.3 is 10.4 Å². The third-order valence-electron chi connectivity index (χ3n) is 4.03. The average Bonchev–Trinajstić information content (AvgIpc) is 2.41. The van der Waals surface area contributed by atoms with Gasteiger partial charge in [-0.15, -0.1) is 0 Å². The van der Waals surface area contributed by atoms with E-state index in [1.165, 1.54) is 5.56 Å². The number of nitrogens with one attached hydrogen (secondary N) is 1. The van der Waals surface area contributed by atoms with Gasteiger partial charge in [-0.1, -0.05) is 19.1 Å². The lowest BCUT2D eigenvalue weighted by molar-refractivity contribution is -0.143. The number of benzene rings is 1. The van der Waals surface area contributed by atoms with Crippen LogP contribution in [0.1, 0.15) is 31.7 Å². The lowest BCUT2D eigenvalue weighted by Gasteiger charge is -2.36. The number of hydrogen-bond donors (Lipinski definition) is 2. The molecule has 1 fully saturated rings. The predicted octanol–water partition coefficient (Wildman–Crippen LogP) is 2.73. The van der Waals surface area contributed by atoms with Crippen LogP contribution in [0.3, 0.4) is 0 Å². The Morgan fingerprint density at radius 2 is 2.15 bits per heavy atom. The summed E-state index contributed by atoms with van der Waals surface area (Å²) in [6.45, 7) is 5.74. The molecule has 1 atom stereocenters. The van der Waals surface area contributed by atoms with Crippen molar-refractivity contribution in [2.75, 3.05) is 18.4 Å². The smallest absolute Gasteiger partial charge is 0.320 e. The SMILES string of the molecule is CCC(C(=O)O)N1CCC(Nc2cccc(C)c2)CC1. The van der Waals surface area contributed by atoms with Crippen molar-refractivity contribution in [1.29, 1.82) is 0 Å². The molecule has 0 saturated carbocycles. The number of carbonyl (C=O) groups is 1. The summed E-state index contributed by atoms with van der Waals surface area (Å²) in [6, 6.07) is 8.51. The van der Waals surface area contributed by atoms with Crippen LogP contribution in [0.25, 0.3) is 0 Å². The van der Waals surface area contributed by atoms with Crippen molar-refractivity contribution in [1.82, 2.24) is 4.90 Å². The minimum Gasteiger partial charge on any atom is -0.480 e. The number of aliphatic carboxylic acids is 1. The van der Waals surface area contributed by atoms with Crippen LogP contribution < -0.4 is 5.32 Å². The average molecular weight is 276 g/mol. The van der Waals surface area contributed by atoms with Crippen molar-refractivity contribution in [3.05, 3.63) is 29.8 Å². The second-order valence-electron chi connectivity index (χ2n) is 5.59. The van der Waals surface area contributed by atoms with Crippen molar-refractivity contribution >= 4 is 11.7 Å². The van der Waals surface area contributed by atoms with Gasteiger partial charge in [0, 0.05) is 24.8 Å². The Balaban J connectivity index is 1.86. The number of nitrogens with zero attached hydrogens (tertiary/aromatic N) is 1. The zero-order chi connectivity index (χ0) is 14.5. The number of carboxylic acid groups (broad SMARTS) is 1. The van der Waals surface area contributed by atoms with Crippen molar-refractivity contribution in [3.63, 3.8) is 0 Å². The van der Waals surface area contributed by atoms with Crippen molar-refractivity contribution in [3.8, 4) is 0 Å². The fourth-order valence-corrected chi connectivity index (χ4v) is 2.92. The fourth-order valence-electron chi connectivity index (χ4n) is 2.92. The highest BCUT2D eigenvalue weighted by atomic mass is 16.4. The predicted molar refractivity (Wildman–Crippen MR) is 81.1 cm³/mol. The van der Waals surface area contributed by atoms with Crippen LogP contribution in [0.5, 0.6) is 0 Å². The highest BCUT2D eigenvalue weighted by Gasteiger charge is 2.28. The first-order valence-corrected chi connectivity index (χ1v) is 7.40. The molecule has 1 aliphatic heterocycles. The molecule has 0 spiro atoms. The van der Waals surface area contributed by atoms with Gasteiger partial charge in [0.2, 0.25) is 0 Å². The quantitative estimate of drug-likeness (QED) is 0.868. The van der Waals surface area contributed by atoms with Gasteiger partial charge in [-0.3, -0.25) is 9.69 Å². The van der Waals surface area contributed by atoms with E-state index in [9.17, 15) is 9.90 Å².